The molecule has 288 valence electrons. The first-order chi connectivity index (χ1) is 24.8. The van der Waals surface area contributed by atoms with Gasteiger partial charge in [-0.2, -0.15) is 0 Å². The van der Waals surface area contributed by atoms with Gasteiger partial charge in [-0.25, -0.2) is 0 Å². The molecule has 0 fully saturated rings. The predicted octanol–water partition coefficient (Wildman–Crippen LogP) is -1.25. The van der Waals surface area contributed by atoms with Gasteiger partial charge in [0.15, 0.2) is 0 Å². The Bertz CT molecular complexity index is 1270. The molecule has 0 spiro atoms. The molecule has 0 saturated carbocycles. The molecule has 0 rings (SSSR count). The lowest BCUT2D eigenvalue weighted by molar-refractivity contribution is -0.131. The number of carbonyl (C=O) groups is 6. The minimum atomic E-state index is -1.04. The number of hydrogen-bond donors (Lipinski definition) is 5. The fraction of sp³-hybridized carbons (Fsp3) is 0.444. The highest BCUT2D eigenvalue weighted by Gasteiger charge is 2.20. The molecule has 0 aromatic heterocycles. The van der Waals surface area contributed by atoms with Crippen molar-refractivity contribution in [1.82, 2.24) is 40.4 Å². The van der Waals surface area contributed by atoms with Crippen LogP contribution >= 0.6 is 0 Å². The molecule has 0 aliphatic heterocycles. The maximum atomic E-state index is 12.7. The van der Waals surface area contributed by atoms with Crippen LogP contribution in [0.5, 0.6) is 0 Å². The number of carbonyl (C=O) groups excluding carboxylic acids is 6. The Morgan fingerprint density at radius 3 is 1.17 bits per heavy atom. The van der Waals surface area contributed by atoms with E-state index in [-0.39, 0.29) is 115 Å². The van der Waals surface area contributed by atoms with E-state index in [0.717, 1.165) is 30.4 Å². The smallest absolute Gasteiger partial charge is 0.246 e. The monoisotopic (exact) mass is 728 g/mol. The number of nitrogens with one attached hydrogen (secondary N) is 3. The molecule has 5 N–H and O–H groups in total. The molecule has 6 amide bonds. The van der Waals surface area contributed by atoms with Gasteiger partial charge in [-0.1, -0.05) is 46.1 Å². The molecule has 0 aliphatic carbocycles. The average Bonchev–Trinajstić information content (AvgIpc) is 3.16. The lowest BCUT2D eigenvalue weighted by Crippen LogP contribution is -2.47. The van der Waals surface area contributed by atoms with Crippen LogP contribution in [0.2, 0.25) is 0 Å². The first-order valence-corrected chi connectivity index (χ1v) is 16.7. The van der Waals surface area contributed by atoms with Crippen molar-refractivity contribution in [2.45, 2.75) is 18.9 Å². The Balaban J connectivity index is 5.24. The average molecular weight is 729 g/mol. The van der Waals surface area contributed by atoms with Crippen LogP contribution in [0.25, 0.3) is 0 Å². The van der Waals surface area contributed by atoms with E-state index in [4.69, 9.17) is 0 Å². The molecule has 0 aromatic rings. The van der Waals surface area contributed by atoms with Gasteiger partial charge in [-0.3, -0.25) is 38.6 Å². The van der Waals surface area contributed by atoms with E-state index in [1.807, 2.05) is 0 Å². The van der Waals surface area contributed by atoms with Crippen LogP contribution in [0.1, 0.15) is 6.42 Å². The quantitative estimate of drug-likeness (QED) is 0.0339. The minimum Gasteiger partial charge on any atom is -0.375 e. The second-order valence-corrected chi connectivity index (χ2v) is 11.0. The highest BCUT2D eigenvalue weighted by molar-refractivity contribution is 5.89. The van der Waals surface area contributed by atoms with E-state index in [2.05, 4.69) is 62.0 Å². The van der Waals surface area contributed by atoms with E-state index in [0.29, 0.717) is 0 Å². The Labute approximate surface area is 307 Å². The number of hydrogen-bond acceptors (Lipinski definition) is 10. The zero-order valence-corrected chi connectivity index (χ0v) is 30.1. The first-order valence-electron chi connectivity index (χ1n) is 16.7. The molecule has 52 heavy (non-hydrogen) atoms. The molecule has 0 aromatic carbocycles. The molecule has 0 aliphatic rings. The number of rotatable bonds is 30. The van der Waals surface area contributed by atoms with Crippen molar-refractivity contribution < 1.29 is 39.0 Å². The van der Waals surface area contributed by atoms with Crippen LogP contribution in [-0.4, -0.2) is 168 Å². The molecule has 0 radical (unpaired) electrons. The second-order valence-electron chi connectivity index (χ2n) is 11.0. The molecular weight excluding hydrogens is 672 g/mol. The lowest BCUT2D eigenvalue weighted by atomic mass is 10.3. The molecular formula is C36H56N8O8. The highest BCUT2D eigenvalue weighted by Crippen LogP contribution is 2.03. The van der Waals surface area contributed by atoms with Crippen molar-refractivity contribution in [3.8, 4) is 0 Å². The van der Waals surface area contributed by atoms with Crippen molar-refractivity contribution in [3.63, 3.8) is 0 Å². The summed E-state index contributed by atoms with van der Waals surface area (Å²) in [5.74, 6) is -2.34. The fourth-order valence-electron chi connectivity index (χ4n) is 4.62. The SMILES string of the molecule is C=CC(=O)NCCN(CCN(CCNC(=O)CCN(CCN(CCN(CCNC(=O)C=C)C(O)C=C)C(=O)C=C)C(=O)C=C)C(=O)C=C)C(O)C=C. The van der Waals surface area contributed by atoms with Crippen molar-refractivity contribution in [2.75, 3.05) is 85.1 Å². The normalized spacial score (nSPS) is 11.6. The lowest BCUT2D eigenvalue weighted by Gasteiger charge is -2.31. The molecule has 2 atom stereocenters. The van der Waals surface area contributed by atoms with Gasteiger partial charge < -0.3 is 40.9 Å². The molecule has 16 heteroatoms. The van der Waals surface area contributed by atoms with Gasteiger partial charge in [0.05, 0.1) is 0 Å². The van der Waals surface area contributed by atoms with Crippen LogP contribution < -0.4 is 16.0 Å². The molecule has 0 bridgehead atoms. The fourth-order valence-corrected chi connectivity index (χ4v) is 4.62. The van der Waals surface area contributed by atoms with Gasteiger partial charge in [-0.05, 0) is 42.5 Å². The number of aliphatic hydroxyl groups is 2. The van der Waals surface area contributed by atoms with Crippen LogP contribution in [0.15, 0.2) is 88.6 Å². The van der Waals surface area contributed by atoms with Crippen molar-refractivity contribution in [1.29, 1.82) is 0 Å². The maximum Gasteiger partial charge on any atom is 0.246 e. The van der Waals surface area contributed by atoms with Gasteiger partial charge >= 0.3 is 0 Å². The summed E-state index contributed by atoms with van der Waals surface area (Å²) in [4.78, 5) is 81.0. The van der Waals surface area contributed by atoms with E-state index in [1.54, 1.807) is 9.80 Å². The zero-order chi connectivity index (χ0) is 39.5. The molecule has 0 heterocycles. The Hall–Kier alpha value is -5.16. The summed E-state index contributed by atoms with van der Waals surface area (Å²) in [7, 11) is 0. The Morgan fingerprint density at radius 2 is 0.808 bits per heavy atom. The minimum absolute atomic E-state index is 0.0171. The van der Waals surface area contributed by atoms with E-state index in [1.165, 1.54) is 26.9 Å². The maximum absolute atomic E-state index is 12.7. The topological polar surface area (TPSA) is 195 Å². The summed E-state index contributed by atoms with van der Waals surface area (Å²) in [6, 6.07) is 0. The van der Waals surface area contributed by atoms with Gasteiger partial charge in [0.2, 0.25) is 35.4 Å². The molecule has 2 unspecified atom stereocenters. The third-order valence-electron chi connectivity index (χ3n) is 7.66. The van der Waals surface area contributed by atoms with Crippen LogP contribution in [0, 0.1) is 0 Å². The highest BCUT2D eigenvalue weighted by atomic mass is 16.3. The van der Waals surface area contributed by atoms with Crippen LogP contribution in [-0.2, 0) is 28.8 Å². The third kappa shape index (κ3) is 19.3. The third-order valence-corrected chi connectivity index (χ3v) is 7.66. The zero-order valence-electron chi connectivity index (χ0n) is 30.1. The molecule has 0 saturated heterocycles. The number of aliphatic hydroxyl groups excluding tert-OH is 2. The first kappa shape index (κ1) is 46.8. The Kier molecular flexibility index (Phi) is 24.8. The van der Waals surface area contributed by atoms with Crippen LogP contribution in [0.3, 0.4) is 0 Å². The van der Waals surface area contributed by atoms with Gasteiger partial charge in [0, 0.05) is 91.5 Å². The van der Waals surface area contributed by atoms with E-state index in [9.17, 15) is 39.0 Å². The summed E-state index contributed by atoms with van der Waals surface area (Å²) < 4.78 is 0. The summed E-state index contributed by atoms with van der Waals surface area (Å²) in [6.07, 6.45) is 6.16. The number of nitrogens with zero attached hydrogens (tertiary/aromatic N) is 5. The summed E-state index contributed by atoms with van der Waals surface area (Å²) in [6.45, 7) is 26.7. The van der Waals surface area contributed by atoms with E-state index < -0.39 is 24.3 Å². The van der Waals surface area contributed by atoms with Crippen molar-refractivity contribution in [2.24, 2.45) is 0 Å². The standard InChI is InChI=1S/C36H56N8O8/c1-8-29(45)37-16-20-41(33(49)11-4)24-25-43(35(51)13-6)22-18-39-31(47)15-19-40(32(48)10-3)23-27-44(36(52)14-7)28-26-42(34(50)12-5)21-17-38-30(46)9-2/h8-14,33-34,49-50H,1-7,15-28H2,(H,37,45)(H,38,46)(H,39,47). The Morgan fingerprint density at radius 1 is 0.462 bits per heavy atom. The summed E-state index contributed by atoms with van der Waals surface area (Å²) in [5.41, 5.74) is 0. The number of amides is 6. The van der Waals surface area contributed by atoms with Crippen LogP contribution in [0.4, 0.5) is 0 Å². The summed E-state index contributed by atoms with van der Waals surface area (Å²) >= 11 is 0. The van der Waals surface area contributed by atoms with Crippen molar-refractivity contribution >= 4 is 35.4 Å². The second kappa shape index (κ2) is 27.5. The predicted molar refractivity (Wildman–Crippen MR) is 200 cm³/mol. The largest absolute Gasteiger partial charge is 0.375 e. The van der Waals surface area contributed by atoms with Gasteiger partial charge in [0.25, 0.3) is 0 Å². The van der Waals surface area contributed by atoms with Crippen molar-refractivity contribution in [3.05, 3.63) is 88.6 Å². The van der Waals surface area contributed by atoms with Gasteiger partial charge in [0.1, 0.15) is 12.5 Å². The van der Waals surface area contributed by atoms with E-state index >= 15 is 0 Å². The summed E-state index contributed by atoms with van der Waals surface area (Å²) in [5, 5.41) is 28.6. The molecule has 16 nitrogen and oxygen atoms in total. The van der Waals surface area contributed by atoms with Gasteiger partial charge in [-0.15, -0.1) is 0 Å².